The predicted octanol–water partition coefficient (Wildman–Crippen LogP) is 4.11. The van der Waals surface area contributed by atoms with Gasteiger partial charge in [0.2, 0.25) is 0 Å². The lowest BCUT2D eigenvalue weighted by molar-refractivity contribution is 0.0986. The Morgan fingerprint density at radius 1 is 0.966 bits per heavy atom. The second-order valence-electron chi connectivity index (χ2n) is 6.74. The topological polar surface area (TPSA) is 55.2 Å². The van der Waals surface area contributed by atoms with Crippen LogP contribution in [0.25, 0.3) is 11.0 Å². The molecule has 29 heavy (non-hydrogen) atoms. The van der Waals surface area contributed by atoms with Gasteiger partial charge in [-0.15, -0.1) is 0 Å². The normalized spacial score (nSPS) is 10.8. The average Bonchev–Trinajstić information content (AvgIpc) is 2.77. The summed E-state index contributed by atoms with van der Waals surface area (Å²) in [5, 5.41) is 0.760. The Kier molecular flexibility index (Phi) is 5.20. The molecule has 0 atom stereocenters. The molecule has 0 aliphatic rings. The molecule has 0 fully saturated rings. The van der Waals surface area contributed by atoms with Gasteiger partial charge in [0.25, 0.3) is 11.5 Å². The number of pyridine rings is 2. The number of aromatic nitrogens is 2. The van der Waals surface area contributed by atoms with Crippen LogP contribution in [-0.2, 0) is 6.54 Å². The summed E-state index contributed by atoms with van der Waals surface area (Å²) < 4.78 is 1.58. The van der Waals surface area contributed by atoms with Gasteiger partial charge in [0.05, 0.1) is 6.54 Å². The van der Waals surface area contributed by atoms with Crippen molar-refractivity contribution in [3.63, 3.8) is 0 Å². The molecular weight excluding hydrogens is 362 g/mol. The minimum absolute atomic E-state index is 0.145. The molecular formula is C24H21N3O2. The molecule has 0 bridgehead atoms. The lowest BCUT2D eigenvalue weighted by atomic mass is 10.1. The summed E-state index contributed by atoms with van der Waals surface area (Å²) in [5.41, 5.74) is 2.12. The molecule has 2 aromatic carbocycles. The van der Waals surface area contributed by atoms with Gasteiger partial charge in [-0.25, -0.2) is 4.98 Å². The first kappa shape index (κ1) is 18.6. The SMILES string of the molecule is CCN(C(=O)c1cc2cccnc2n(Cc2ccccc2)c1=O)c1ccccc1. The standard InChI is InChI=1S/C24H21N3O2/c1-2-26(20-13-7-4-8-14-20)23(28)21-16-19-12-9-15-25-22(19)27(24(21)29)17-18-10-5-3-6-11-18/h3-16H,2,17H2,1H3. The second-order valence-corrected chi connectivity index (χ2v) is 6.74. The summed E-state index contributed by atoms with van der Waals surface area (Å²) in [7, 11) is 0. The van der Waals surface area contributed by atoms with Crippen molar-refractivity contribution in [1.82, 2.24) is 9.55 Å². The second kappa shape index (κ2) is 8.10. The highest BCUT2D eigenvalue weighted by Crippen LogP contribution is 2.18. The van der Waals surface area contributed by atoms with E-state index in [1.54, 1.807) is 21.7 Å². The van der Waals surface area contributed by atoms with Crippen LogP contribution in [0.2, 0.25) is 0 Å². The molecule has 5 nitrogen and oxygen atoms in total. The molecule has 144 valence electrons. The zero-order valence-electron chi connectivity index (χ0n) is 16.2. The Bertz CT molecular complexity index is 1200. The quantitative estimate of drug-likeness (QED) is 0.521. The number of amides is 1. The summed E-state index contributed by atoms with van der Waals surface area (Å²) in [6, 6.07) is 24.4. The van der Waals surface area contributed by atoms with Crippen molar-refractivity contribution in [2.75, 3.05) is 11.4 Å². The fourth-order valence-corrected chi connectivity index (χ4v) is 3.47. The smallest absolute Gasteiger partial charge is 0.265 e. The first-order valence-electron chi connectivity index (χ1n) is 9.58. The molecule has 4 rings (SSSR count). The summed E-state index contributed by atoms with van der Waals surface area (Å²) >= 11 is 0. The van der Waals surface area contributed by atoms with Gasteiger partial charge in [-0.3, -0.25) is 14.2 Å². The molecule has 0 spiro atoms. The van der Waals surface area contributed by atoms with E-state index in [0.29, 0.717) is 18.7 Å². The van der Waals surface area contributed by atoms with Gasteiger partial charge in [-0.05, 0) is 42.8 Å². The monoisotopic (exact) mass is 383 g/mol. The Morgan fingerprint density at radius 2 is 1.66 bits per heavy atom. The molecule has 4 aromatic rings. The zero-order valence-corrected chi connectivity index (χ0v) is 16.2. The zero-order chi connectivity index (χ0) is 20.2. The first-order valence-corrected chi connectivity index (χ1v) is 9.58. The number of hydrogen-bond acceptors (Lipinski definition) is 3. The van der Waals surface area contributed by atoms with Crippen LogP contribution < -0.4 is 10.5 Å². The van der Waals surface area contributed by atoms with Gasteiger partial charge >= 0.3 is 0 Å². The summed E-state index contributed by atoms with van der Waals surface area (Å²) in [6.45, 7) is 2.72. The number of carbonyl (C=O) groups is 1. The van der Waals surface area contributed by atoms with Crippen molar-refractivity contribution >= 4 is 22.6 Å². The maximum atomic E-state index is 13.4. The van der Waals surface area contributed by atoms with Crippen molar-refractivity contribution in [3.05, 3.63) is 107 Å². The van der Waals surface area contributed by atoms with Gasteiger partial charge in [-0.2, -0.15) is 0 Å². The lowest BCUT2D eigenvalue weighted by Gasteiger charge is -2.21. The number of para-hydroxylation sites is 1. The van der Waals surface area contributed by atoms with E-state index in [4.69, 9.17) is 0 Å². The van der Waals surface area contributed by atoms with Crippen LogP contribution in [0.5, 0.6) is 0 Å². The molecule has 0 N–H and O–H groups in total. The van der Waals surface area contributed by atoms with Crippen LogP contribution in [0.1, 0.15) is 22.8 Å². The molecule has 0 unspecified atom stereocenters. The molecule has 0 radical (unpaired) electrons. The van der Waals surface area contributed by atoms with Crippen LogP contribution in [0.4, 0.5) is 5.69 Å². The number of benzene rings is 2. The van der Waals surface area contributed by atoms with E-state index in [-0.39, 0.29) is 17.0 Å². The van der Waals surface area contributed by atoms with E-state index in [0.717, 1.165) is 16.6 Å². The predicted molar refractivity (Wildman–Crippen MR) is 115 cm³/mol. The molecule has 2 heterocycles. The van der Waals surface area contributed by atoms with E-state index >= 15 is 0 Å². The van der Waals surface area contributed by atoms with Crippen LogP contribution in [0.15, 0.2) is 89.9 Å². The van der Waals surface area contributed by atoms with Crippen LogP contribution in [0.3, 0.4) is 0 Å². The van der Waals surface area contributed by atoms with Crippen molar-refractivity contribution in [2.45, 2.75) is 13.5 Å². The number of carbonyl (C=O) groups excluding carboxylic acids is 1. The molecule has 0 saturated heterocycles. The minimum atomic E-state index is -0.334. The average molecular weight is 383 g/mol. The fraction of sp³-hybridized carbons (Fsp3) is 0.125. The molecule has 0 saturated carbocycles. The third-order valence-corrected chi connectivity index (χ3v) is 4.89. The molecule has 0 aliphatic carbocycles. The number of fused-ring (bicyclic) bond motifs is 1. The molecule has 2 aromatic heterocycles. The van der Waals surface area contributed by atoms with Crippen LogP contribution in [0, 0.1) is 0 Å². The highest BCUT2D eigenvalue weighted by Gasteiger charge is 2.22. The Morgan fingerprint density at radius 3 is 2.34 bits per heavy atom. The van der Waals surface area contributed by atoms with E-state index in [1.165, 1.54) is 0 Å². The molecule has 0 aliphatic heterocycles. The van der Waals surface area contributed by atoms with Crippen LogP contribution >= 0.6 is 0 Å². The van der Waals surface area contributed by atoms with Gasteiger partial charge in [0, 0.05) is 23.8 Å². The maximum Gasteiger partial charge on any atom is 0.265 e. The van der Waals surface area contributed by atoms with Crippen molar-refractivity contribution in [3.8, 4) is 0 Å². The van der Waals surface area contributed by atoms with E-state index < -0.39 is 0 Å². The van der Waals surface area contributed by atoms with Gasteiger partial charge in [0.1, 0.15) is 11.2 Å². The molecule has 1 amide bonds. The third-order valence-electron chi connectivity index (χ3n) is 4.89. The van der Waals surface area contributed by atoms with Gasteiger partial charge < -0.3 is 4.90 Å². The summed E-state index contributed by atoms with van der Waals surface area (Å²) in [4.78, 5) is 32.7. The van der Waals surface area contributed by atoms with Crippen molar-refractivity contribution < 1.29 is 4.79 Å². The number of rotatable bonds is 5. The Hall–Kier alpha value is -3.73. The number of hydrogen-bond donors (Lipinski definition) is 0. The Labute approximate surface area is 168 Å². The summed E-state index contributed by atoms with van der Waals surface area (Å²) in [5.74, 6) is -0.309. The van der Waals surface area contributed by atoms with Gasteiger partial charge in [0.15, 0.2) is 0 Å². The first-order chi connectivity index (χ1) is 14.2. The minimum Gasteiger partial charge on any atom is -0.308 e. The molecule has 5 heteroatoms. The lowest BCUT2D eigenvalue weighted by Crippen LogP contribution is -2.37. The van der Waals surface area contributed by atoms with E-state index in [2.05, 4.69) is 4.98 Å². The number of anilines is 1. The van der Waals surface area contributed by atoms with Gasteiger partial charge in [-0.1, -0.05) is 48.5 Å². The third kappa shape index (κ3) is 3.67. The van der Waals surface area contributed by atoms with E-state index in [1.807, 2.05) is 79.7 Å². The van der Waals surface area contributed by atoms with Crippen molar-refractivity contribution in [2.24, 2.45) is 0 Å². The largest absolute Gasteiger partial charge is 0.308 e. The van der Waals surface area contributed by atoms with Crippen molar-refractivity contribution in [1.29, 1.82) is 0 Å². The Balaban J connectivity index is 1.86. The fourth-order valence-electron chi connectivity index (χ4n) is 3.47. The summed E-state index contributed by atoms with van der Waals surface area (Å²) in [6.07, 6.45) is 1.66. The van der Waals surface area contributed by atoms with Crippen LogP contribution in [-0.4, -0.2) is 22.0 Å². The number of nitrogens with zero attached hydrogens (tertiary/aromatic N) is 3. The van der Waals surface area contributed by atoms with E-state index in [9.17, 15) is 9.59 Å². The highest BCUT2D eigenvalue weighted by atomic mass is 16.2. The highest BCUT2D eigenvalue weighted by molar-refractivity contribution is 6.07. The maximum absolute atomic E-state index is 13.4.